The van der Waals surface area contributed by atoms with Crippen LogP contribution in [0, 0.1) is 0 Å². The summed E-state index contributed by atoms with van der Waals surface area (Å²) in [6.45, 7) is 0.246. The molecule has 134 valence electrons. The van der Waals surface area contributed by atoms with Crippen LogP contribution >= 0.6 is 27.3 Å². The van der Waals surface area contributed by atoms with Crippen LogP contribution < -0.4 is 15.2 Å². The molecular formula is C18H12BrN5O2S. The van der Waals surface area contributed by atoms with E-state index < -0.39 is 0 Å². The Bertz CT molecular complexity index is 1160. The number of nitrogens with zero attached hydrogens (tertiary/aromatic N) is 4. The highest BCUT2D eigenvalue weighted by molar-refractivity contribution is 9.10. The van der Waals surface area contributed by atoms with E-state index in [1.807, 2.05) is 47.8 Å². The predicted octanol–water partition coefficient (Wildman–Crippen LogP) is 4.13. The fraction of sp³-hybridized carbons (Fsp3) is 0.0556. The minimum absolute atomic E-state index is 0.246. The number of anilines is 1. The maximum atomic E-state index is 6.31. The van der Waals surface area contributed by atoms with Crippen molar-refractivity contribution >= 4 is 33.1 Å². The molecule has 0 unspecified atom stereocenters. The third kappa shape index (κ3) is 2.75. The molecule has 2 aromatic heterocycles. The van der Waals surface area contributed by atoms with Gasteiger partial charge in [0.25, 0.3) is 0 Å². The normalized spacial score (nSPS) is 12.5. The van der Waals surface area contributed by atoms with Crippen molar-refractivity contribution in [2.45, 2.75) is 0 Å². The zero-order valence-corrected chi connectivity index (χ0v) is 16.2. The lowest BCUT2D eigenvalue weighted by molar-refractivity contribution is 0.174. The molecule has 1 aliphatic heterocycles. The van der Waals surface area contributed by atoms with Gasteiger partial charge >= 0.3 is 0 Å². The number of fused-ring (bicyclic) bond motifs is 1. The van der Waals surface area contributed by atoms with Gasteiger partial charge in [0.15, 0.2) is 23.0 Å². The van der Waals surface area contributed by atoms with Crippen molar-refractivity contribution in [3.63, 3.8) is 0 Å². The number of halogens is 1. The summed E-state index contributed by atoms with van der Waals surface area (Å²) in [6, 6.07) is 13.4. The Kier molecular flexibility index (Phi) is 3.83. The van der Waals surface area contributed by atoms with E-state index in [1.165, 1.54) is 11.3 Å². The molecule has 3 heterocycles. The summed E-state index contributed by atoms with van der Waals surface area (Å²) in [5.74, 6) is 1.91. The zero-order chi connectivity index (χ0) is 18.4. The smallest absolute Gasteiger partial charge is 0.231 e. The van der Waals surface area contributed by atoms with Crippen molar-refractivity contribution in [3.05, 3.63) is 52.3 Å². The Morgan fingerprint density at radius 3 is 2.85 bits per heavy atom. The molecule has 2 N–H and O–H groups in total. The summed E-state index contributed by atoms with van der Waals surface area (Å²) in [5, 5.41) is 11.1. The summed E-state index contributed by atoms with van der Waals surface area (Å²) in [4.78, 5) is 4.68. The summed E-state index contributed by atoms with van der Waals surface area (Å²) >= 11 is 4.98. The molecule has 0 aliphatic carbocycles. The van der Waals surface area contributed by atoms with Crippen molar-refractivity contribution in [1.29, 1.82) is 0 Å². The molecule has 9 heteroatoms. The first-order valence-corrected chi connectivity index (χ1v) is 9.70. The number of benzene rings is 2. The molecule has 0 saturated heterocycles. The number of aromatic nitrogens is 4. The average Bonchev–Trinajstić information content (AvgIpc) is 3.40. The van der Waals surface area contributed by atoms with Crippen LogP contribution in [0.1, 0.15) is 0 Å². The topological polar surface area (TPSA) is 88.1 Å². The lowest BCUT2D eigenvalue weighted by Crippen LogP contribution is -2.03. The van der Waals surface area contributed by atoms with Crippen LogP contribution in [0.4, 0.5) is 5.82 Å². The highest BCUT2D eigenvalue weighted by Gasteiger charge is 2.19. The monoisotopic (exact) mass is 441 g/mol. The van der Waals surface area contributed by atoms with Crippen molar-refractivity contribution in [3.8, 4) is 39.1 Å². The SMILES string of the molecule is Nc1c(-c2nc(-c3ccc4c(c3)OCO4)cs2)nnn1-c1ccccc1Br. The van der Waals surface area contributed by atoms with Gasteiger partial charge in [0, 0.05) is 15.4 Å². The van der Waals surface area contributed by atoms with Crippen LogP contribution in [0.15, 0.2) is 52.3 Å². The van der Waals surface area contributed by atoms with Crippen molar-refractivity contribution in [1.82, 2.24) is 20.0 Å². The second-order valence-corrected chi connectivity index (χ2v) is 7.50. The summed E-state index contributed by atoms with van der Waals surface area (Å²) in [7, 11) is 0. The molecule has 0 saturated carbocycles. The molecular weight excluding hydrogens is 430 g/mol. The third-order valence-corrected chi connectivity index (χ3v) is 5.68. The van der Waals surface area contributed by atoms with Crippen molar-refractivity contribution < 1.29 is 9.47 Å². The fourth-order valence-electron chi connectivity index (χ4n) is 2.81. The Labute approximate surface area is 166 Å². The quantitative estimate of drug-likeness (QED) is 0.514. The van der Waals surface area contributed by atoms with Crippen LogP contribution in [-0.4, -0.2) is 26.8 Å². The molecule has 0 spiro atoms. The zero-order valence-electron chi connectivity index (χ0n) is 13.8. The van der Waals surface area contributed by atoms with Crippen LogP contribution in [0.3, 0.4) is 0 Å². The maximum Gasteiger partial charge on any atom is 0.231 e. The number of thiazole rings is 1. The first-order valence-electron chi connectivity index (χ1n) is 8.03. The van der Waals surface area contributed by atoms with E-state index in [1.54, 1.807) is 4.68 Å². The number of ether oxygens (including phenoxy) is 2. The Morgan fingerprint density at radius 2 is 1.96 bits per heavy atom. The van der Waals surface area contributed by atoms with Gasteiger partial charge in [-0.3, -0.25) is 0 Å². The number of nitrogens with two attached hydrogens (primary N) is 1. The van der Waals surface area contributed by atoms with Gasteiger partial charge in [0.05, 0.1) is 11.4 Å². The maximum absolute atomic E-state index is 6.31. The van der Waals surface area contributed by atoms with E-state index in [9.17, 15) is 0 Å². The highest BCUT2D eigenvalue weighted by Crippen LogP contribution is 2.38. The number of hydrogen-bond acceptors (Lipinski definition) is 7. The number of hydrogen-bond donors (Lipinski definition) is 1. The van der Waals surface area contributed by atoms with E-state index >= 15 is 0 Å². The fourth-order valence-corrected chi connectivity index (χ4v) is 4.09. The van der Waals surface area contributed by atoms with Crippen LogP contribution in [-0.2, 0) is 0 Å². The largest absolute Gasteiger partial charge is 0.454 e. The number of nitrogen functional groups attached to an aromatic ring is 1. The second-order valence-electron chi connectivity index (χ2n) is 5.79. The summed E-state index contributed by atoms with van der Waals surface area (Å²) in [6.07, 6.45) is 0. The predicted molar refractivity (Wildman–Crippen MR) is 106 cm³/mol. The molecule has 5 rings (SSSR count). The van der Waals surface area contributed by atoms with E-state index in [2.05, 4.69) is 31.2 Å². The van der Waals surface area contributed by atoms with Crippen LogP contribution in [0.25, 0.3) is 27.6 Å². The van der Waals surface area contributed by atoms with Gasteiger partial charge in [0.1, 0.15) is 5.01 Å². The third-order valence-electron chi connectivity index (χ3n) is 4.16. The number of rotatable bonds is 3. The highest BCUT2D eigenvalue weighted by atomic mass is 79.9. The molecule has 7 nitrogen and oxygen atoms in total. The first-order chi connectivity index (χ1) is 13.2. The van der Waals surface area contributed by atoms with Crippen LogP contribution in [0.5, 0.6) is 11.5 Å². The second kappa shape index (κ2) is 6.36. The van der Waals surface area contributed by atoms with E-state index in [4.69, 9.17) is 15.2 Å². The molecule has 1 aliphatic rings. The molecule has 0 atom stereocenters. The van der Waals surface area contributed by atoms with Gasteiger partial charge in [-0.15, -0.1) is 16.4 Å². The lowest BCUT2D eigenvalue weighted by Gasteiger charge is -2.04. The van der Waals surface area contributed by atoms with Gasteiger partial charge in [-0.1, -0.05) is 17.3 Å². The Morgan fingerprint density at radius 1 is 1.11 bits per heavy atom. The summed E-state index contributed by atoms with van der Waals surface area (Å²) < 4.78 is 13.3. The molecule has 0 amide bonds. The minimum Gasteiger partial charge on any atom is -0.454 e. The van der Waals surface area contributed by atoms with Crippen molar-refractivity contribution in [2.24, 2.45) is 0 Å². The van der Waals surface area contributed by atoms with Gasteiger partial charge in [-0.25, -0.2) is 4.98 Å². The Balaban J connectivity index is 1.51. The molecule has 0 radical (unpaired) electrons. The van der Waals surface area contributed by atoms with Gasteiger partial charge < -0.3 is 15.2 Å². The average molecular weight is 442 g/mol. The standard InChI is InChI=1S/C18H12BrN5O2S/c19-11-3-1-2-4-13(11)24-17(20)16(22-23-24)18-21-12(8-27-18)10-5-6-14-15(7-10)26-9-25-14/h1-8H,9,20H2. The van der Waals surface area contributed by atoms with E-state index in [0.29, 0.717) is 16.5 Å². The van der Waals surface area contributed by atoms with Crippen molar-refractivity contribution in [2.75, 3.05) is 12.5 Å². The summed E-state index contributed by atoms with van der Waals surface area (Å²) in [5.41, 5.74) is 9.45. The van der Waals surface area contributed by atoms with Crippen LogP contribution in [0.2, 0.25) is 0 Å². The Hall–Kier alpha value is -2.91. The van der Waals surface area contributed by atoms with Gasteiger partial charge in [-0.2, -0.15) is 4.68 Å². The number of para-hydroxylation sites is 1. The molecule has 27 heavy (non-hydrogen) atoms. The van der Waals surface area contributed by atoms with Gasteiger partial charge in [0.2, 0.25) is 6.79 Å². The lowest BCUT2D eigenvalue weighted by atomic mass is 10.1. The molecule has 4 aromatic rings. The molecule has 0 fully saturated rings. The van der Waals surface area contributed by atoms with Gasteiger partial charge in [-0.05, 0) is 46.3 Å². The molecule has 0 bridgehead atoms. The van der Waals surface area contributed by atoms with E-state index in [0.717, 1.165) is 32.9 Å². The first kappa shape index (κ1) is 16.3. The van der Waals surface area contributed by atoms with E-state index in [-0.39, 0.29) is 6.79 Å². The molecule has 2 aromatic carbocycles. The minimum atomic E-state index is 0.246.